The van der Waals surface area contributed by atoms with Crippen LogP contribution in [0.2, 0.25) is 10.0 Å². The van der Waals surface area contributed by atoms with E-state index in [1.165, 1.54) is 14.0 Å². The van der Waals surface area contributed by atoms with Crippen LogP contribution in [-0.2, 0) is 10.0 Å². The number of aliphatic hydroxyl groups excluding tert-OH is 1. The van der Waals surface area contributed by atoms with Gasteiger partial charge in [0.25, 0.3) is 0 Å². The van der Waals surface area contributed by atoms with Crippen molar-refractivity contribution >= 4 is 33.2 Å². The van der Waals surface area contributed by atoms with Gasteiger partial charge in [-0.2, -0.15) is 4.31 Å². The average Bonchev–Trinajstić information content (AvgIpc) is 2.33. The topological polar surface area (TPSA) is 57.6 Å². The summed E-state index contributed by atoms with van der Waals surface area (Å²) in [4.78, 5) is -0.381. The largest absolute Gasteiger partial charge is 0.395 e. The fourth-order valence-electron chi connectivity index (χ4n) is 1.21. The Balaban J connectivity index is 3.34. The van der Waals surface area contributed by atoms with Crippen LogP contribution in [0.25, 0.3) is 0 Å². The molecule has 0 aliphatic heterocycles. The molecule has 8 heteroatoms. The molecule has 0 spiro atoms. The van der Waals surface area contributed by atoms with E-state index in [0.29, 0.717) is 0 Å². The molecule has 4 nitrogen and oxygen atoms in total. The smallest absolute Gasteiger partial charge is 0.244 e. The third-order valence-electron chi connectivity index (χ3n) is 2.54. The molecule has 1 rings (SSSR count). The molecule has 0 saturated heterocycles. The minimum Gasteiger partial charge on any atom is -0.395 e. The monoisotopic (exact) mass is 315 g/mol. The van der Waals surface area contributed by atoms with E-state index in [9.17, 15) is 12.8 Å². The minimum atomic E-state index is -3.98. The van der Waals surface area contributed by atoms with E-state index in [2.05, 4.69) is 0 Å². The summed E-state index contributed by atoms with van der Waals surface area (Å²) in [6, 6.07) is 1.60. The molecule has 1 N–H and O–H groups in total. The zero-order chi connectivity index (χ0) is 14.1. The number of halogens is 3. The van der Waals surface area contributed by atoms with Gasteiger partial charge in [-0.25, -0.2) is 12.8 Å². The van der Waals surface area contributed by atoms with Gasteiger partial charge in [0, 0.05) is 13.1 Å². The van der Waals surface area contributed by atoms with Crippen molar-refractivity contribution in [1.29, 1.82) is 0 Å². The number of rotatable bonds is 4. The van der Waals surface area contributed by atoms with Crippen molar-refractivity contribution in [3.63, 3.8) is 0 Å². The number of aliphatic hydroxyl groups is 1. The molecule has 1 aromatic rings. The van der Waals surface area contributed by atoms with Crippen molar-refractivity contribution in [2.75, 3.05) is 13.7 Å². The van der Waals surface area contributed by atoms with Gasteiger partial charge < -0.3 is 5.11 Å². The summed E-state index contributed by atoms with van der Waals surface area (Å²) in [5, 5.41) is 8.14. The van der Waals surface area contributed by atoms with Crippen LogP contribution in [-0.4, -0.2) is 37.5 Å². The Morgan fingerprint density at radius 2 is 2.00 bits per heavy atom. The van der Waals surface area contributed by atoms with Gasteiger partial charge in [-0.3, -0.25) is 0 Å². The Hall–Kier alpha value is -0.400. The Morgan fingerprint density at radius 1 is 1.44 bits per heavy atom. The van der Waals surface area contributed by atoms with Gasteiger partial charge in [0.2, 0.25) is 10.0 Å². The first-order chi connectivity index (χ1) is 8.23. The molecule has 1 atom stereocenters. The lowest BCUT2D eigenvalue weighted by Gasteiger charge is -2.23. The maximum absolute atomic E-state index is 13.5. The van der Waals surface area contributed by atoms with Gasteiger partial charge in [-0.15, -0.1) is 0 Å². The van der Waals surface area contributed by atoms with E-state index >= 15 is 0 Å². The number of likely N-dealkylation sites (N-methyl/N-ethyl adjacent to an activating group) is 1. The van der Waals surface area contributed by atoms with Crippen LogP contribution in [0.4, 0.5) is 4.39 Å². The van der Waals surface area contributed by atoms with Crippen molar-refractivity contribution in [3.05, 3.63) is 28.0 Å². The molecule has 0 fully saturated rings. The normalized spacial score (nSPS) is 13.9. The molecule has 0 aromatic heterocycles. The number of hydrogen-bond acceptors (Lipinski definition) is 3. The van der Waals surface area contributed by atoms with Crippen molar-refractivity contribution in [2.45, 2.75) is 17.9 Å². The highest BCUT2D eigenvalue weighted by Crippen LogP contribution is 2.31. The number of hydrogen-bond donors (Lipinski definition) is 1. The zero-order valence-corrected chi connectivity index (χ0v) is 12.0. The zero-order valence-electron chi connectivity index (χ0n) is 9.69. The summed E-state index contributed by atoms with van der Waals surface area (Å²) in [6.07, 6.45) is 0. The van der Waals surface area contributed by atoms with Gasteiger partial charge in [-0.1, -0.05) is 23.2 Å². The fraction of sp³-hybridized carbons (Fsp3) is 0.400. The second-order valence-electron chi connectivity index (χ2n) is 3.73. The van der Waals surface area contributed by atoms with Crippen LogP contribution in [0.3, 0.4) is 0 Å². The second kappa shape index (κ2) is 5.71. The molecule has 0 heterocycles. The summed E-state index contributed by atoms with van der Waals surface area (Å²) in [5.41, 5.74) is 0. The minimum absolute atomic E-state index is 0.253. The summed E-state index contributed by atoms with van der Waals surface area (Å²) in [6.45, 7) is 1.15. The van der Waals surface area contributed by atoms with Crippen LogP contribution in [0.1, 0.15) is 6.92 Å². The lowest BCUT2D eigenvalue weighted by atomic mass is 10.3. The predicted molar refractivity (Wildman–Crippen MR) is 67.9 cm³/mol. The molecular weight excluding hydrogens is 304 g/mol. The molecule has 0 saturated carbocycles. The van der Waals surface area contributed by atoms with Crippen molar-refractivity contribution in [2.24, 2.45) is 0 Å². The van der Waals surface area contributed by atoms with Gasteiger partial charge >= 0.3 is 0 Å². The summed E-state index contributed by atoms with van der Waals surface area (Å²) >= 11 is 11.1. The molecule has 18 heavy (non-hydrogen) atoms. The maximum Gasteiger partial charge on any atom is 0.244 e. The van der Waals surface area contributed by atoms with E-state index in [0.717, 1.165) is 16.4 Å². The molecule has 0 radical (unpaired) electrons. The third-order valence-corrected chi connectivity index (χ3v) is 5.33. The predicted octanol–water partition coefficient (Wildman–Crippen LogP) is 2.13. The highest BCUT2D eigenvalue weighted by atomic mass is 35.5. The summed E-state index contributed by atoms with van der Waals surface area (Å²) in [5.74, 6) is -0.982. The highest BCUT2D eigenvalue weighted by molar-refractivity contribution is 7.89. The van der Waals surface area contributed by atoms with E-state index in [-0.39, 0.29) is 16.5 Å². The lowest BCUT2D eigenvalue weighted by molar-refractivity contribution is 0.214. The van der Waals surface area contributed by atoms with Gasteiger partial charge in [-0.05, 0) is 19.1 Å². The number of sulfonamides is 1. The SMILES string of the molecule is CC(CO)N(C)S(=O)(=O)c1ccc(Cl)c(F)c1Cl. The molecule has 1 aromatic carbocycles. The van der Waals surface area contributed by atoms with Crippen LogP contribution in [0.15, 0.2) is 17.0 Å². The Morgan fingerprint density at radius 3 is 2.50 bits per heavy atom. The molecule has 0 bridgehead atoms. The first kappa shape index (κ1) is 15.7. The first-order valence-corrected chi connectivity index (χ1v) is 7.15. The summed E-state index contributed by atoms with van der Waals surface area (Å²) in [7, 11) is -2.70. The number of nitrogens with zero attached hydrogens (tertiary/aromatic N) is 1. The Labute approximate surface area is 115 Å². The fourth-order valence-corrected chi connectivity index (χ4v) is 3.28. The average molecular weight is 316 g/mol. The van der Waals surface area contributed by atoms with E-state index < -0.39 is 26.9 Å². The van der Waals surface area contributed by atoms with E-state index in [1.54, 1.807) is 0 Å². The highest BCUT2D eigenvalue weighted by Gasteiger charge is 2.28. The molecule has 102 valence electrons. The van der Waals surface area contributed by atoms with Crippen LogP contribution < -0.4 is 0 Å². The standard InChI is InChI=1S/C10H12Cl2FNO3S/c1-6(5-15)14(2)18(16,17)8-4-3-7(11)10(13)9(8)12/h3-4,6,15H,5H2,1-2H3. The Bertz CT molecular complexity index is 550. The van der Waals surface area contributed by atoms with Crippen LogP contribution in [0, 0.1) is 5.82 Å². The Kier molecular flexibility index (Phi) is 4.97. The first-order valence-electron chi connectivity index (χ1n) is 4.95. The quantitative estimate of drug-likeness (QED) is 0.866. The molecule has 1 unspecified atom stereocenters. The number of benzene rings is 1. The van der Waals surface area contributed by atoms with Gasteiger partial charge in [0.15, 0.2) is 5.82 Å². The summed E-state index contributed by atoms with van der Waals surface area (Å²) < 4.78 is 38.7. The second-order valence-corrected chi connectivity index (χ2v) is 6.48. The van der Waals surface area contributed by atoms with Gasteiger partial charge in [0.05, 0.1) is 16.7 Å². The van der Waals surface area contributed by atoms with Gasteiger partial charge in [0.1, 0.15) is 4.90 Å². The molecule has 0 aliphatic carbocycles. The van der Waals surface area contributed by atoms with Crippen LogP contribution >= 0.6 is 23.2 Å². The van der Waals surface area contributed by atoms with E-state index in [4.69, 9.17) is 28.3 Å². The molecule has 0 aliphatic rings. The van der Waals surface area contributed by atoms with Crippen LogP contribution in [0.5, 0.6) is 0 Å². The van der Waals surface area contributed by atoms with E-state index in [1.807, 2.05) is 0 Å². The molecular formula is C10H12Cl2FNO3S. The van der Waals surface area contributed by atoms with Crippen molar-refractivity contribution in [3.8, 4) is 0 Å². The third kappa shape index (κ3) is 2.78. The van der Waals surface area contributed by atoms with Crippen molar-refractivity contribution < 1.29 is 17.9 Å². The van der Waals surface area contributed by atoms with Crippen molar-refractivity contribution in [1.82, 2.24) is 4.31 Å². The maximum atomic E-state index is 13.5. The lowest BCUT2D eigenvalue weighted by Crippen LogP contribution is -2.37. The molecule has 0 amide bonds.